The van der Waals surface area contributed by atoms with Crippen molar-refractivity contribution < 1.29 is 14.0 Å². The van der Waals surface area contributed by atoms with Gasteiger partial charge >= 0.3 is 6.03 Å². The van der Waals surface area contributed by atoms with Gasteiger partial charge in [-0.25, -0.2) is 9.18 Å². The summed E-state index contributed by atoms with van der Waals surface area (Å²) in [6.07, 6.45) is 1.11. The summed E-state index contributed by atoms with van der Waals surface area (Å²) in [6.45, 7) is 5.90. The second kappa shape index (κ2) is 5.23. The molecule has 1 saturated heterocycles. The highest BCUT2D eigenvalue weighted by Crippen LogP contribution is 2.31. The molecule has 1 N–H and O–H groups in total. The van der Waals surface area contributed by atoms with E-state index in [9.17, 15) is 14.0 Å². The van der Waals surface area contributed by atoms with Crippen LogP contribution in [0.5, 0.6) is 0 Å². The lowest BCUT2D eigenvalue weighted by atomic mass is 9.90. The second-order valence-electron chi connectivity index (χ2n) is 5.15. The van der Waals surface area contributed by atoms with Crippen LogP contribution in [0.2, 0.25) is 0 Å². The van der Waals surface area contributed by atoms with Crippen LogP contribution in [-0.2, 0) is 11.3 Å². The van der Waals surface area contributed by atoms with E-state index in [1.54, 1.807) is 17.9 Å². The van der Waals surface area contributed by atoms with Crippen LogP contribution in [0.25, 0.3) is 0 Å². The van der Waals surface area contributed by atoms with Gasteiger partial charge in [-0.05, 0) is 43.0 Å². The van der Waals surface area contributed by atoms with Crippen LogP contribution in [0.4, 0.5) is 9.18 Å². The first-order valence-corrected chi connectivity index (χ1v) is 6.82. The highest BCUT2D eigenvalue weighted by molar-refractivity contribution is 6.06. The summed E-state index contributed by atoms with van der Waals surface area (Å²) in [4.78, 5) is 25.7. The lowest BCUT2D eigenvalue weighted by molar-refractivity contribution is -0.127. The minimum absolute atomic E-state index is 0.243. The van der Waals surface area contributed by atoms with E-state index in [2.05, 4.69) is 5.32 Å². The van der Waals surface area contributed by atoms with E-state index >= 15 is 0 Å². The van der Waals surface area contributed by atoms with Crippen molar-refractivity contribution in [3.8, 4) is 0 Å². The lowest BCUT2D eigenvalue weighted by Gasteiger charge is -2.33. The minimum atomic E-state index is -0.794. The Morgan fingerprint density at radius 3 is 2.45 bits per heavy atom. The molecule has 0 aromatic heterocycles. The third-order valence-electron chi connectivity index (χ3n) is 4.21. The van der Waals surface area contributed by atoms with Crippen LogP contribution in [0.1, 0.15) is 37.8 Å². The molecular formula is C15H19FN2O2. The number of nitrogens with zero attached hydrogens (tertiary/aromatic N) is 1. The van der Waals surface area contributed by atoms with Gasteiger partial charge in [0.15, 0.2) is 0 Å². The molecule has 2 rings (SSSR count). The first-order valence-electron chi connectivity index (χ1n) is 6.82. The van der Waals surface area contributed by atoms with Crippen molar-refractivity contribution in [3.05, 3.63) is 35.1 Å². The maximum atomic E-state index is 13.1. The topological polar surface area (TPSA) is 49.4 Å². The number of nitrogens with one attached hydrogen (secondary N) is 1. The fraction of sp³-hybridized carbons (Fsp3) is 0.467. The van der Waals surface area contributed by atoms with Crippen molar-refractivity contribution in [2.24, 2.45) is 0 Å². The van der Waals surface area contributed by atoms with Crippen LogP contribution >= 0.6 is 0 Å². The third-order valence-corrected chi connectivity index (χ3v) is 4.21. The molecule has 4 nitrogen and oxygen atoms in total. The molecule has 0 spiro atoms. The van der Waals surface area contributed by atoms with Crippen molar-refractivity contribution >= 4 is 11.9 Å². The molecule has 1 aliphatic heterocycles. The van der Waals surface area contributed by atoms with E-state index < -0.39 is 5.54 Å². The molecule has 1 aromatic carbocycles. The van der Waals surface area contributed by atoms with Gasteiger partial charge in [0.25, 0.3) is 5.91 Å². The molecule has 0 saturated carbocycles. The number of urea groups is 1. The number of benzene rings is 1. The van der Waals surface area contributed by atoms with E-state index in [0.29, 0.717) is 19.4 Å². The van der Waals surface area contributed by atoms with E-state index in [1.165, 1.54) is 12.1 Å². The Labute approximate surface area is 118 Å². The first kappa shape index (κ1) is 14.5. The molecule has 108 valence electrons. The van der Waals surface area contributed by atoms with Crippen molar-refractivity contribution in [3.63, 3.8) is 0 Å². The zero-order valence-corrected chi connectivity index (χ0v) is 12.0. The van der Waals surface area contributed by atoms with E-state index in [-0.39, 0.29) is 17.8 Å². The fourth-order valence-corrected chi connectivity index (χ4v) is 2.78. The van der Waals surface area contributed by atoms with Crippen LogP contribution in [0, 0.1) is 12.7 Å². The second-order valence-corrected chi connectivity index (χ2v) is 5.15. The average Bonchev–Trinajstić information content (AvgIpc) is 2.64. The monoisotopic (exact) mass is 278 g/mol. The number of imide groups is 1. The average molecular weight is 278 g/mol. The normalized spacial score (nSPS) is 17.5. The van der Waals surface area contributed by atoms with E-state index in [4.69, 9.17) is 0 Å². The standard InChI is InChI=1S/C15H19FN2O2/c1-4-15(5-2)13(19)17-14(20)18(15)9-11-6-7-12(16)8-10(11)3/h6-8H,4-5,9H2,1-3H3,(H,17,19,20). The van der Waals surface area contributed by atoms with Gasteiger partial charge in [0.2, 0.25) is 0 Å². The summed E-state index contributed by atoms with van der Waals surface area (Å²) in [7, 11) is 0. The zero-order chi connectivity index (χ0) is 14.9. The van der Waals surface area contributed by atoms with Gasteiger partial charge in [-0.15, -0.1) is 0 Å². The SMILES string of the molecule is CCC1(CC)C(=O)NC(=O)N1Cc1ccc(F)cc1C. The van der Waals surface area contributed by atoms with Gasteiger partial charge in [0, 0.05) is 6.54 Å². The Balaban J connectivity index is 2.35. The zero-order valence-electron chi connectivity index (χ0n) is 12.0. The number of amides is 3. The maximum Gasteiger partial charge on any atom is 0.325 e. The number of halogens is 1. The lowest BCUT2D eigenvalue weighted by Crippen LogP contribution is -2.48. The van der Waals surface area contributed by atoms with Gasteiger partial charge in [0.05, 0.1) is 0 Å². The summed E-state index contributed by atoms with van der Waals surface area (Å²) >= 11 is 0. The Bertz CT molecular complexity index is 553. The summed E-state index contributed by atoms with van der Waals surface area (Å²) < 4.78 is 13.1. The van der Waals surface area contributed by atoms with Crippen molar-refractivity contribution in [2.75, 3.05) is 0 Å². The molecule has 3 amide bonds. The maximum absolute atomic E-state index is 13.1. The molecule has 1 heterocycles. The van der Waals surface area contributed by atoms with Gasteiger partial charge in [0.1, 0.15) is 11.4 Å². The van der Waals surface area contributed by atoms with Crippen LogP contribution in [0.3, 0.4) is 0 Å². The number of hydrogen-bond donors (Lipinski definition) is 1. The van der Waals surface area contributed by atoms with Crippen LogP contribution < -0.4 is 5.32 Å². The quantitative estimate of drug-likeness (QED) is 0.861. The highest BCUT2D eigenvalue weighted by Gasteiger charge is 2.50. The predicted molar refractivity (Wildman–Crippen MR) is 73.5 cm³/mol. The van der Waals surface area contributed by atoms with Crippen LogP contribution in [0.15, 0.2) is 18.2 Å². The number of rotatable bonds is 4. The Kier molecular flexibility index (Phi) is 3.79. The van der Waals surface area contributed by atoms with Gasteiger partial charge in [-0.2, -0.15) is 0 Å². The Hall–Kier alpha value is -1.91. The third kappa shape index (κ3) is 2.17. The number of carbonyl (C=O) groups excluding carboxylic acids is 2. The molecule has 1 fully saturated rings. The number of carbonyl (C=O) groups is 2. The van der Waals surface area contributed by atoms with Gasteiger partial charge < -0.3 is 4.90 Å². The summed E-state index contributed by atoms with van der Waals surface area (Å²) in [5, 5.41) is 2.38. The smallest absolute Gasteiger partial charge is 0.305 e. The molecule has 0 aliphatic carbocycles. The molecule has 0 unspecified atom stereocenters. The van der Waals surface area contributed by atoms with Crippen molar-refractivity contribution in [2.45, 2.75) is 45.7 Å². The first-order chi connectivity index (χ1) is 9.44. The molecule has 5 heteroatoms. The summed E-state index contributed by atoms with van der Waals surface area (Å²) in [5.74, 6) is -0.544. The Morgan fingerprint density at radius 1 is 1.25 bits per heavy atom. The fourth-order valence-electron chi connectivity index (χ4n) is 2.78. The minimum Gasteiger partial charge on any atom is -0.305 e. The summed E-state index contributed by atoms with van der Waals surface area (Å²) in [6, 6.07) is 4.10. The number of aryl methyl sites for hydroxylation is 1. The molecule has 0 radical (unpaired) electrons. The van der Waals surface area contributed by atoms with Gasteiger partial charge in [-0.1, -0.05) is 19.9 Å². The van der Waals surface area contributed by atoms with Crippen LogP contribution in [-0.4, -0.2) is 22.4 Å². The molecule has 0 atom stereocenters. The molecule has 0 bridgehead atoms. The number of hydrogen-bond acceptors (Lipinski definition) is 2. The Morgan fingerprint density at radius 2 is 1.90 bits per heavy atom. The van der Waals surface area contributed by atoms with E-state index in [0.717, 1.165) is 11.1 Å². The predicted octanol–water partition coefficient (Wildman–Crippen LogP) is 2.74. The molecule has 20 heavy (non-hydrogen) atoms. The largest absolute Gasteiger partial charge is 0.325 e. The van der Waals surface area contributed by atoms with E-state index in [1.807, 2.05) is 13.8 Å². The summed E-state index contributed by atoms with van der Waals surface area (Å²) in [5.41, 5.74) is 0.832. The van der Waals surface area contributed by atoms with Crippen molar-refractivity contribution in [1.82, 2.24) is 10.2 Å². The molecule has 1 aromatic rings. The highest BCUT2D eigenvalue weighted by atomic mass is 19.1. The van der Waals surface area contributed by atoms with Crippen molar-refractivity contribution in [1.29, 1.82) is 0 Å². The molecular weight excluding hydrogens is 259 g/mol. The molecule has 1 aliphatic rings. The van der Waals surface area contributed by atoms with Gasteiger partial charge in [-0.3, -0.25) is 10.1 Å².